The van der Waals surface area contributed by atoms with Crippen LogP contribution < -0.4 is 4.74 Å². The van der Waals surface area contributed by atoms with Gasteiger partial charge in [0.05, 0.1) is 0 Å². The molecule has 2 rings (SSSR count). The van der Waals surface area contributed by atoms with E-state index in [1.165, 1.54) is 44.2 Å². The van der Waals surface area contributed by atoms with Gasteiger partial charge in [0.25, 0.3) is 0 Å². The van der Waals surface area contributed by atoms with Crippen molar-refractivity contribution in [2.75, 3.05) is 13.6 Å². The van der Waals surface area contributed by atoms with E-state index in [0.29, 0.717) is 18.8 Å². The number of aryl methyl sites for hydroxylation is 1. The van der Waals surface area contributed by atoms with Crippen molar-refractivity contribution >= 4 is 5.91 Å². The average Bonchev–Trinajstić information content (AvgIpc) is 2.54. The lowest BCUT2D eigenvalue weighted by Gasteiger charge is -2.27. The number of ether oxygens (including phenoxy) is 1. The molecule has 3 nitrogen and oxygen atoms in total. The molecule has 0 atom stereocenters. The van der Waals surface area contributed by atoms with Crippen LogP contribution in [0.25, 0.3) is 0 Å². The fourth-order valence-electron chi connectivity index (χ4n) is 3.14. The highest BCUT2D eigenvalue weighted by Gasteiger charge is 2.18. The number of carbonyl (C=O) groups is 1. The van der Waals surface area contributed by atoms with E-state index in [1.54, 1.807) is 12.1 Å². The van der Waals surface area contributed by atoms with Gasteiger partial charge in [-0.3, -0.25) is 4.79 Å². The van der Waals surface area contributed by atoms with Crippen molar-refractivity contribution in [3.05, 3.63) is 29.8 Å². The fraction of sp³-hybridized carbons (Fsp3) is 0.611. The molecule has 0 heterocycles. The Hall–Kier alpha value is -1.65. The van der Waals surface area contributed by atoms with Gasteiger partial charge < -0.3 is 9.64 Å². The first kappa shape index (κ1) is 17.7. The van der Waals surface area contributed by atoms with Crippen LogP contribution in [0.4, 0.5) is 8.78 Å². The van der Waals surface area contributed by atoms with E-state index in [9.17, 15) is 13.6 Å². The highest BCUT2D eigenvalue weighted by Crippen LogP contribution is 2.24. The summed E-state index contributed by atoms with van der Waals surface area (Å²) in [6.45, 7) is -1.96. The molecule has 0 bridgehead atoms. The molecule has 0 aromatic heterocycles. The van der Waals surface area contributed by atoms with Crippen molar-refractivity contribution in [1.29, 1.82) is 0 Å². The van der Waals surface area contributed by atoms with Crippen LogP contribution in [0.3, 0.4) is 0 Å². The smallest absolute Gasteiger partial charge is 0.387 e. The summed E-state index contributed by atoms with van der Waals surface area (Å²) >= 11 is 0. The third-order valence-electron chi connectivity index (χ3n) is 4.46. The molecule has 1 fully saturated rings. The minimum absolute atomic E-state index is 0.142. The summed E-state index contributed by atoms with van der Waals surface area (Å²) in [5.74, 6) is 0.927. The van der Waals surface area contributed by atoms with Crippen LogP contribution in [0.15, 0.2) is 24.3 Å². The molecule has 23 heavy (non-hydrogen) atoms. The summed E-state index contributed by atoms with van der Waals surface area (Å²) in [6, 6.07) is 6.48. The second-order valence-corrected chi connectivity index (χ2v) is 6.30. The van der Waals surface area contributed by atoms with E-state index in [-0.39, 0.29) is 11.7 Å². The molecular formula is C18H25F2NO2. The van der Waals surface area contributed by atoms with E-state index < -0.39 is 6.61 Å². The summed E-state index contributed by atoms with van der Waals surface area (Å²) in [6.07, 6.45) is 7.38. The summed E-state index contributed by atoms with van der Waals surface area (Å²) in [5.41, 5.74) is 0.950. The molecule has 1 aromatic rings. The summed E-state index contributed by atoms with van der Waals surface area (Å²) in [4.78, 5) is 14.0. The van der Waals surface area contributed by atoms with Crippen molar-refractivity contribution in [1.82, 2.24) is 4.90 Å². The van der Waals surface area contributed by atoms with Gasteiger partial charge in [-0.2, -0.15) is 8.78 Å². The van der Waals surface area contributed by atoms with Crippen LogP contribution >= 0.6 is 0 Å². The second kappa shape index (κ2) is 8.85. The zero-order valence-corrected chi connectivity index (χ0v) is 13.6. The van der Waals surface area contributed by atoms with E-state index in [2.05, 4.69) is 4.74 Å². The topological polar surface area (TPSA) is 29.5 Å². The second-order valence-electron chi connectivity index (χ2n) is 6.30. The molecule has 0 unspecified atom stereocenters. The zero-order valence-electron chi connectivity index (χ0n) is 13.6. The number of halogens is 2. The lowest BCUT2D eigenvalue weighted by atomic mass is 9.89. The van der Waals surface area contributed by atoms with Gasteiger partial charge in [-0.15, -0.1) is 0 Å². The van der Waals surface area contributed by atoms with E-state index in [4.69, 9.17) is 0 Å². The van der Waals surface area contributed by atoms with Gasteiger partial charge in [0.2, 0.25) is 5.91 Å². The van der Waals surface area contributed by atoms with Crippen LogP contribution in [0.2, 0.25) is 0 Å². The Kier molecular flexibility index (Phi) is 6.81. The number of carbonyl (C=O) groups excluding carboxylic acids is 1. The van der Waals surface area contributed by atoms with Crippen LogP contribution in [0, 0.1) is 5.92 Å². The zero-order chi connectivity index (χ0) is 16.7. The fourth-order valence-corrected chi connectivity index (χ4v) is 3.14. The van der Waals surface area contributed by atoms with Crippen LogP contribution in [0.1, 0.15) is 44.1 Å². The molecule has 1 aliphatic rings. The van der Waals surface area contributed by atoms with E-state index >= 15 is 0 Å². The Labute approximate surface area is 136 Å². The Morgan fingerprint density at radius 2 is 1.87 bits per heavy atom. The molecule has 1 amide bonds. The van der Waals surface area contributed by atoms with Crippen LogP contribution in [0.5, 0.6) is 5.75 Å². The Bertz CT molecular complexity index is 484. The van der Waals surface area contributed by atoms with Gasteiger partial charge in [0, 0.05) is 20.0 Å². The molecule has 1 saturated carbocycles. The summed E-state index contributed by atoms with van der Waals surface area (Å²) in [7, 11) is 1.87. The molecule has 0 N–H and O–H groups in total. The number of benzene rings is 1. The first-order chi connectivity index (χ1) is 11.0. The lowest BCUT2D eigenvalue weighted by Crippen LogP contribution is -2.32. The van der Waals surface area contributed by atoms with Gasteiger partial charge in [-0.25, -0.2) is 0 Å². The summed E-state index contributed by atoms with van der Waals surface area (Å²) in [5, 5.41) is 0. The molecule has 0 aliphatic heterocycles. The van der Waals surface area contributed by atoms with Crippen LogP contribution in [-0.2, 0) is 11.2 Å². The monoisotopic (exact) mass is 325 g/mol. The first-order valence-corrected chi connectivity index (χ1v) is 8.32. The number of amides is 1. The van der Waals surface area contributed by atoms with Gasteiger partial charge in [-0.1, -0.05) is 31.4 Å². The van der Waals surface area contributed by atoms with Gasteiger partial charge >= 0.3 is 6.61 Å². The van der Waals surface area contributed by atoms with Crippen molar-refractivity contribution in [3.8, 4) is 5.75 Å². The average molecular weight is 325 g/mol. The highest BCUT2D eigenvalue weighted by atomic mass is 19.3. The third-order valence-corrected chi connectivity index (χ3v) is 4.46. The number of hydrogen-bond acceptors (Lipinski definition) is 2. The van der Waals surface area contributed by atoms with Crippen molar-refractivity contribution < 1.29 is 18.3 Å². The largest absolute Gasteiger partial charge is 0.435 e. The SMILES string of the molecule is CN(CC1CCCCC1)C(=O)CCc1ccc(OC(F)F)cc1. The van der Waals surface area contributed by atoms with Crippen molar-refractivity contribution in [3.63, 3.8) is 0 Å². The Morgan fingerprint density at radius 3 is 2.48 bits per heavy atom. The molecular weight excluding hydrogens is 300 g/mol. The maximum atomic E-state index is 12.2. The maximum Gasteiger partial charge on any atom is 0.387 e. The number of nitrogens with zero attached hydrogens (tertiary/aromatic N) is 1. The minimum Gasteiger partial charge on any atom is -0.435 e. The number of alkyl halides is 2. The highest BCUT2D eigenvalue weighted by molar-refractivity contribution is 5.76. The molecule has 128 valence electrons. The molecule has 1 aliphatic carbocycles. The summed E-state index contributed by atoms with van der Waals surface area (Å²) < 4.78 is 28.5. The molecule has 0 saturated heterocycles. The normalized spacial score (nSPS) is 15.7. The predicted molar refractivity (Wildman–Crippen MR) is 85.6 cm³/mol. The number of hydrogen-bond donors (Lipinski definition) is 0. The Morgan fingerprint density at radius 1 is 1.22 bits per heavy atom. The van der Waals surface area contributed by atoms with Gasteiger partial charge in [-0.05, 0) is 42.9 Å². The van der Waals surface area contributed by atoms with E-state index in [1.807, 2.05) is 11.9 Å². The van der Waals surface area contributed by atoms with Gasteiger partial charge in [0.1, 0.15) is 5.75 Å². The molecule has 0 radical (unpaired) electrons. The maximum absolute atomic E-state index is 12.2. The standard InChI is InChI=1S/C18H25F2NO2/c1-21(13-15-5-3-2-4-6-15)17(22)12-9-14-7-10-16(11-8-14)23-18(19)20/h7-8,10-11,15,18H,2-6,9,12-13H2,1H3. The molecule has 5 heteroatoms. The predicted octanol–water partition coefficient (Wildman–Crippen LogP) is 4.26. The van der Waals surface area contributed by atoms with E-state index in [0.717, 1.165) is 12.1 Å². The van der Waals surface area contributed by atoms with Gasteiger partial charge in [0.15, 0.2) is 0 Å². The number of rotatable bonds is 7. The Balaban J connectivity index is 1.74. The quantitative estimate of drug-likeness (QED) is 0.750. The first-order valence-electron chi connectivity index (χ1n) is 8.32. The van der Waals surface area contributed by atoms with Crippen LogP contribution in [-0.4, -0.2) is 31.0 Å². The van der Waals surface area contributed by atoms with Crippen molar-refractivity contribution in [2.24, 2.45) is 5.92 Å². The van der Waals surface area contributed by atoms with Crippen molar-refractivity contribution in [2.45, 2.75) is 51.6 Å². The molecule has 1 aromatic carbocycles. The third kappa shape index (κ3) is 6.16. The lowest BCUT2D eigenvalue weighted by molar-refractivity contribution is -0.130. The molecule has 0 spiro atoms. The minimum atomic E-state index is -2.81.